The summed E-state index contributed by atoms with van der Waals surface area (Å²) in [5.41, 5.74) is 4.79. The molecule has 33 heavy (non-hydrogen) atoms. The van der Waals surface area contributed by atoms with Crippen molar-refractivity contribution >= 4 is 23.8 Å². The number of aromatic amines is 1. The van der Waals surface area contributed by atoms with Crippen LogP contribution in [0.25, 0.3) is 11.4 Å². The van der Waals surface area contributed by atoms with Crippen LogP contribution in [-0.2, 0) is 16.8 Å². The predicted octanol–water partition coefficient (Wildman–Crippen LogP) is 6.02. The van der Waals surface area contributed by atoms with E-state index in [-0.39, 0.29) is 12.5 Å². The van der Waals surface area contributed by atoms with E-state index in [0.717, 1.165) is 29.0 Å². The lowest BCUT2D eigenvalue weighted by Gasteiger charge is -2.57. The molecule has 0 radical (unpaired) electrons. The zero-order chi connectivity index (χ0) is 22.6. The largest absolute Gasteiger partial charge is 0.325 e. The van der Waals surface area contributed by atoms with Crippen LogP contribution < -0.4 is 5.32 Å². The van der Waals surface area contributed by atoms with Crippen molar-refractivity contribution in [3.8, 4) is 11.4 Å². The second-order valence-electron chi connectivity index (χ2n) is 10.6. The molecule has 0 unspecified atom stereocenters. The summed E-state index contributed by atoms with van der Waals surface area (Å²) in [7, 11) is 0. The molecule has 3 aromatic rings. The van der Waals surface area contributed by atoms with Gasteiger partial charge in [-0.15, -0.1) is 0 Å². The highest BCUT2D eigenvalue weighted by Gasteiger charge is 2.51. The Hall–Kier alpha value is -2.73. The fourth-order valence-corrected chi connectivity index (χ4v) is 7.30. The van der Waals surface area contributed by atoms with Crippen LogP contribution in [0.5, 0.6) is 0 Å². The highest BCUT2D eigenvalue weighted by atomic mass is 32.1. The van der Waals surface area contributed by atoms with Gasteiger partial charge in [-0.3, -0.25) is 14.5 Å². The molecule has 4 bridgehead atoms. The van der Waals surface area contributed by atoms with Gasteiger partial charge in [0.25, 0.3) is 0 Å². The number of aryl methyl sites for hydroxylation is 1. The number of benzene rings is 2. The monoisotopic (exact) mass is 458 g/mol. The number of carbonyl (C=O) groups excluding carboxylic acids is 1. The average molecular weight is 459 g/mol. The molecule has 4 fully saturated rings. The summed E-state index contributed by atoms with van der Waals surface area (Å²) in [6.07, 6.45) is 8.42. The van der Waals surface area contributed by atoms with Crippen LogP contribution in [0, 0.1) is 29.4 Å². The van der Waals surface area contributed by atoms with Gasteiger partial charge in [-0.25, -0.2) is 0 Å². The third-order valence-corrected chi connectivity index (χ3v) is 8.50. The maximum Gasteiger partial charge on any atom is 0.244 e. The minimum atomic E-state index is -0.108. The van der Waals surface area contributed by atoms with E-state index in [0.29, 0.717) is 16.0 Å². The lowest BCUT2D eigenvalue weighted by molar-refractivity contribution is -0.116. The zero-order valence-electron chi connectivity index (χ0n) is 19.0. The Balaban J connectivity index is 1.16. The molecule has 1 heterocycles. The van der Waals surface area contributed by atoms with Crippen LogP contribution in [-0.4, -0.2) is 20.7 Å². The SMILES string of the molecule is Cc1ccc(-c2n[nH]c(=S)n2CC(=O)Nc2ccc(C34CC5CC(CC(C5)C3)C4)cc2)cc1. The first-order valence-corrected chi connectivity index (χ1v) is 12.5. The molecule has 5 nitrogen and oxygen atoms in total. The molecular formula is C27H30N4OS. The molecule has 2 aromatic carbocycles. The molecular weight excluding hydrogens is 428 g/mol. The van der Waals surface area contributed by atoms with E-state index in [9.17, 15) is 4.79 Å². The molecule has 4 aliphatic rings. The number of amides is 1. The Bertz CT molecular complexity index is 1200. The standard InChI is InChI=1S/C27H30N4OS/c1-17-2-4-21(5-3-17)25-29-30-26(33)31(25)16-24(32)28-23-8-6-22(7-9-23)27-13-18-10-19(14-27)12-20(11-18)15-27/h2-9,18-20H,10-16H2,1H3,(H,28,32)(H,30,33). The Morgan fingerprint density at radius 3 is 2.24 bits per heavy atom. The van der Waals surface area contributed by atoms with E-state index in [1.807, 2.05) is 31.2 Å². The maximum absolute atomic E-state index is 12.9. The van der Waals surface area contributed by atoms with Crippen molar-refractivity contribution in [3.63, 3.8) is 0 Å². The predicted molar refractivity (Wildman–Crippen MR) is 133 cm³/mol. The summed E-state index contributed by atoms with van der Waals surface area (Å²) in [5, 5.41) is 10.2. The van der Waals surface area contributed by atoms with Gasteiger partial charge in [-0.2, -0.15) is 5.10 Å². The van der Waals surface area contributed by atoms with E-state index >= 15 is 0 Å². The number of hydrogen-bond acceptors (Lipinski definition) is 3. The topological polar surface area (TPSA) is 62.7 Å². The van der Waals surface area contributed by atoms with Gasteiger partial charge in [-0.1, -0.05) is 42.0 Å². The molecule has 0 aliphatic heterocycles. The number of rotatable bonds is 5. The van der Waals surface area contributed by atoms with Gasteiger partial charge in [0.2, 0.25) is 5.91 Å². The number of nitrogens with one attached hydrogen (secondary N) is 2. The van der Waals surface area contributed by atoms with Crippen LogP contribution in [0.1, 0.15) is 49.7 Å². The minimum Gasteiger partial charge on any atom is -0.325 e. The number of aromatic nitrogens is 3. The molecule has 0 atom stereocenters. The third kappa shape index (κ3) is 3.84. The molecule has 0 saturated heterocycles. The molecule has 2 N–H and O–H groups in total. The number of anilines is 1. The van der Waals surface area contributed by atoms with Crippen molar-refractivity contribution in [1.82, 2.24) is 14.8 Å². The lowest BCUT2D eigenvalue weighted by Crippen LogP contribution is -2.48. The van der Waals surface area contributed by atoms with Gasteiger partial charge >= 0.3 is 0 Å². The van der Waals surface area contributed by atoms with Crippen molar-refractivity contribution in [2.45, 2.75) is 57.4 Å². The van der Waals surface area contributed by atoms with Gasteiger partial charge in [0.15, 0.2) is 10.6 Å². The van der Waals surface area contributed by atoms with Gasteiger partial charge in [0.1, 0.15) is 6.54 Å². The van der Waals surface area contributed by atoms with Crippen LogP contribution >= 0.6 is 12.2 Å². The number of nitrogens with zero attached hydrogens (tertiary/aromatic N) is 2. The van der Waals surface area contributed by atoms with Gasteiger partial charge in [0, 0.05) is 11.3 Å². The summed E-state index contributed by atoms with van der Waals surface area (Å²) < 4.78 is 2.19. The quantitative estimate of drug-likeness (QED) is 0.459. The van der Waals surface area contributed by atoms with Crippen molar-refractivity contribution in [2.24, 2.45) is 17.8 Å². The fourth-order valence-electron chi connectivity index (χ4n) is 7.10. The van der Waals surface area contributed by atoms with Crippen molar-refractivity contribution < 1.29 is 4.79 Å². The Morgan fingerprint density at radius 2 is 1.64 bits per heavy atom. The summed E-state index contributed by atoms with van der Waals surface area (Å²) in [4.78, 5) is 12.9. The van der Waals surface area contributed by atoms with Crippen LogP contribution in [0.15, 0.2) is 48.5 Å². The number of hydrogen-bond donors (Lipinski definition) is 2. The van der Waals surface area contributed by atoms with Crippen molar-refractivity contribution in [3.05, 3.63) is 64.4 Å². The van der Waals surface area contributed by atoms with Crippen LogP contribution in [0.2, 0.25) is 0 Å². The molecule has 0 spiro atoms. The Kier molecular flexibility index (Phi) is 5.02. The maximum atomic E-state index is 12.9. The van der Waals surface area contributed by atoms with Crippen LogP contribution in [0.4, 0.5) is 5.69 Å². The lowest BCUT2D eigenvalue weighted by atomic mass is 9.48. The van der Waals surface area contributed by atoms with E-state index < -0.39 is 0 Å². The van der Waals surface area contributed by atoms with Crippen molar-refractivity contribution in [1.29, 1.82) is 0 Å². The van der Waals surface area contributed by atoms with Gasteiger partial charge in [-0.05, 0) is 98.5 Å². The number of carbonyl (C=O) groups is 1. The normalized spacial score (nSPS) is 27.6. The fraction of sp³-hybridized carbons (Fsp3) is 0.444. The minimum absolute atomic E-state index is 0.108. The summed E-state index contributed by atoms with van der Waals surface area (Å²) in [5.74, 6) is 3.35. The average Bonchev–Trinajstić information content (AvgIpc) is 3.14. The first-order chi connectivity index (χ1) is 16.0. The summed E-state index contributed by atoms with van der Waals surface area (Å²) >= 11 is 5.39. The van der Waals surface area contributed by atoms with Crippen molar-refractivity contribution in [2.75, 3.05) is 5.32 Å². The molecule has 7 rings (SSSR count). The molecule has 1 amide bonds. The van der Waals surface area contributed by atoms with Crippen LogP contribution in [0.3, 0.4) is 0 Å². The zero-order valence-corrected chi connectivity index (χ0v) is 19.8. The van der Waals surface area contributed by atoms with Gasteiger partial charge < -0.3 is 5.32 Å². The Labute approximate surface area is 199 Å². The summed E-state index contributed by atoms with van der Waals surface area (Å²) in [6, 6.07) is 16.7. The van der Waals surface area contributed by atoms with E-state index in [1.165, 1.54) is 49.7 Å². The highest BCUT2D eigenvalue weighted by Crippen LogP contribution is 2.60. The second-order valence-corrected chi connectivity index (χ2v) is 11.0. The molecule has 4 aliphatic carbocycles. The first kappa shape index (κ1) is 20.8. The molecule has 6 heteroatoms. The molecule has 170 valence electrons. The third-order valence-electron chi connectivity index (χ3n) is 8.19. The van der Waals surface area contributed by atoms with Gasteiger partial charge in [0.05, 0.1) is 0 Å². The summed E-state index contributed by atoms with van der Waals surface area (Å²) in [6.45, 7) is 2.16. The Morgan fingerprint density at radius 1 is 1.03 bits per heavy atom. The smallest absolute Gasteiger partial charge is 0.244 e. The number of H-pyrrole nitrogens is 1. The van der Waals surface area contributed by atoms with E-state index in [1.54, 1.807) is 4.57 Å². The molecule has 4 saturated carbocycles. The second kappa shape index (κ2) is 7.94. The van der Waals surface area contributed by atoms with E-state index in [4.69, 9.17) is 12.2 Å². The first-order valence-electron chi connectivity index (χ1n) is 12.1. The van der Waals surface area contributed by atoms with E-state index in [2.05, 4.69) is 39.8 Å². The molecule has 1 aromatic heterocycles. The highest BCUT2D eigenvalue weighted by molar-refractivity contribution is 7.71.